The summed E-state index contributed by atoms with van der Waals surface area (Å²) in [6.45, 7) is 2.10. The Morgan fingerprint density at radius 2 is 1.52 bits per heavy atom. The van der Waals surface area contributed by atoms with E-state index < -0.39 is 10.0 Å². The van der Waals surface area contributed by atoms with Crippen LogP contribution in [-0.4, -0.2) is 38.8 Å². The second-order valence-corrected chi connectivity index (χ2v) is 8.26. The zero-order valence-electron chi connectivity index (χ0n) is 15.4. The maximum atomic E-state index is 12.9. The van der Waals surface area contributed by atoms with E-state index in [-0.39, 0.29) is 17.3 Å². The van der Waals surface area contributed by atoms with E-state index in [1.54, 1.807) is 23.1 Å². The van der Waals surface area contributed by atoms with Gasteiger partial charge in [0.25, 0.3) is 0 Å². The molecule has 6 heteroatoms. The summed E-state index contributed by atoms with van der Waals surface area (Å²) in [5.74, 6) is -0.268. The maximum absolute atomic E-state index is 12.9. The van der Waals surface area contributed by atoms with Gasteiger partial charge in [-0.1, -0.05) is 54.6 Å². The number of anilines is 1. The molecule has 0 aliphatic carbocycles. The van der Waals surface area contributed by atoms with Crippen molar-refractivity contribution in [2.75, 3.05) is 25.0 Å². The summed E-state index contributed by atoms with van der Waals surface area (Å²) in [7, 11) is -2.29. The summed E-state index contributed by atoms with van der Waals surface area (Å²) >= 11 is 0. The Morgan fingerprint density at radius 1 is 0.889 bits per heavy atom. The molecule has 3 aromatic rings. The van der Waals surface area contributed by atoms with E-state index in [9.17, 15) is 13.2 Å². The first-order chi connectivity index (χ1) is 12.9. The van der Waals surface area contributed by atoms with E-state index in [0.29, 0.717) is 6.54 Å². The van der Waals surface area contributed by atoms with Crippen molar-refractivity contribution >= 4 is 32.4 Å². The van der Waals surface area contributed by atoms with Crippen LogP contribution in [0.1, 0.15) is 6.92 Å². The van der Waals surface area contributed by atoms with Crippen LogP contribution in [-0.2, 0) is 14.8 Å². The third-order valence-corrected chi connectivity index (χ3v) is 6.30. The molecule has 0 heterocycles. The van der Waals surface area contributed by atoms with Gasteiger partial charge in [-0.15, -0.1) is 0 Å². The van der Waals surface area contributed by atoms with Crippen LogP contribution in [0.4, 0.5) is 5.69 Å². The molecule has 5 nitrogen and oxygen atoms in total. The number of hydrogen-bond donors (Lipinski definition) is 0. The fourth-order valence-corrected chi connectivity index (χ4v) is 4.20. The highest BCUT2D eigenvalue weighted by molar-refractivity contribution is 7.89. The first-order valence-corrected chi connectivity index (χ1v) is 10.2. The molecule has 0 fully saturated rings. The SMILES string of the molecule is CCN(C(=O)CN(C)S(=O)(=O)c1ccccc1)c1cccc2ccccc12. The average Bonchev–Trinajstić information content (AvgIpc) is 2.69. The van der Waals surface area contributed by atoms with Gasteiger partial charge in [-0.05, 0) is 30.5 Å². The molecule has 0 atom stereocenters. The van der Waals surface area contributed by atoms with E-state index >= 15 is 0 Å². The Labute approximate surface area is 159 Å². The Balaban J connectivity index is 1.87. The molecule has 140 valence electrons. The minimum atomic E-state index is -3.71. The van der Waals surface area contributed by atoms with Gasteiger partial charge in [-0.25, -0.2) is 8.42 Å². The minimum absolute atomic E-state index is 0.175. The molecule has 0 aliphatic heterocycles. The lowest BCUT2D eigenvalue weighted by Gasteiger charge is -2.25. The second kappa shape index (κ2) is 7.90. The highest BCUT2D eigenvalue weighted by atomic mass is 32.2. The lowest BCUT2D eigenvalue weighted by atomic mass is 10.1. The topological polar surface area (TPSA) is 57.7 Å². The zero-order chi connectivity index (χ0) is 19.4. The summed E-state index contributed by atoms with van der Waals surface area (Å²) in [5.41, 5.74) is 0.783. The summed E-state index contributed by atoms with van der Waals surface area (Å²) < 4.78 is 26.5. The molecule has 0 unspecified atom stereocenters. The summed E-state index contributed by atoms with van der Waals surface area (Å²) in [5, 5.41) is 2.00. The minimum Gasteiger partial charge on any atom is -0.311 e. The molecular weight excluding hydrogens is 360 g/mol. The van der Waals surface area contributed by atoms with Gasteiger partial charge < -0.3 is 4.90 Å². The van der Waals surface area contributed by atoms with E-state index in [1.165, 1.54) is 19.2 Å². The first kappa shape index (κ1) is 19.1. The number of fused-ring (bicyclic) bond motifs is 1. The Hall–Kier alpha value is -2.70. The van der Waals surface area contributed by atoms with Gasteiger partial charge in [0.05, 0.1) is 17.1 Å². The molecule has 1 amide bonds. The van der Waals surface area contributed by atoms with Gasteiger partial charge in [-0.2, -0.15) is 4.31 Å². The first-order valence-electron chi connectivity index (χ1n) is 8.74. The average molecular weight is 382 g/mol. The third-order valence-electron chi connectivity index (χ3n) is 4.48. The summed E-state index contributed by atoms with van der Waals surface area (Å²) in [6, 6.07) is 21.7. The quantitative estimate of drug-likeness (QED) is 0.655. The lowest BCUT2D eigenvalue weighted by Crippen LogP contribution is -2.41. The van der Waals surface area contributed by atoms with Crippen molar-refractivity contribution < 1.29 is 13.2 Å². The van der Waals surface area contributed by atoms with Crippen LogP contribution in [0.15, 0.2) is 77.7 Å². The van der Waals surface area contributed by atoms with Crippen molar-refractivity contribution in [3.05, 3.63) is 72.8 Å². The smallest absolute Gasteiger partial charge is 0.243 e. The Kier molecular flexibility index (Phi) is 5.58. The van der Waals surface area contributed by atoms with Crippen LogP contribution in [0.2, 0.25) is 0 Å². The molecule has 3 aromatic carbocycles. The standard InChI is InChI=1S/C21H22N2O3S/c1-3-23(20-15-9-11-17-10-7-8-14-19(17)20)21(24)16-22(2)27(25,26)18-12-5-4-6-13-18/h4-15H,3,16H2,1-2H3. The molecule has 0 spiro atoms. The highest BCUT2D eigenvalue weighted by Gasteiger charge is 2.25. The highest BCUT2D eigenvalue weighted by Crippen LogP contribution is 2.27. The van der Waals surface area contributed by atoms with Crippen LogP contribution >= 0.6 is 0 Å². The van der Waals surface area contributed by atoms with Gasteiger partial charge in [0, 0.05) is 19.0 Å². The number of carbonyl (C=O) groups excluding carboxylic acids is 1. The number of benzene rings is 3. The van der Waals surface area contributed by atoms with Crippen LogP contribution < -0.4 is 4.90 Å². The number of nitrogens with zero attached hydrogens (tertiary/aromatic N) is 2. The van der Waals surface area contributed by atoms with E-state index in [4.69, 9.17) is 0 Å². The summed E-state index contributed by atoms with van der Waals surface area (Å²) in [6.07, 6.45) is 0. The molecule has 3 rings (SSSR count). The molecule has 27 heavy (non-hydrogen) atoms. The van der Waals surface area contributed by atoms with Crippen LogP contribution in [0.3, 0.4) is 0 Å². The lowest BCUT2D eigenvalue weighted by molar-refractivity contribution is -0.118. The molecular formula is C21H22N2O3S. The van der Waals surface area contributed by atoms with Crippen molar-refractivity contribution in [2.45, 2.75) is 11.8 Å². The Morgan fingerprint density at radius 3 is 2.22 bits per heavy atom. The molecule has 0 saturated carbocycles. The molecule has 0 radical (unpaired) electrons. The van der Waals surface area contributed by atoms with Gasteiger partial charge in [-0.3, -0.25) is 4.79 Å². The fraction of sp³-hybridized carbons (Fsp3) is 0.190. The van der Waals surface area contributed by atoms with Crippen molar-refractivity contribution in [3.63, 3.8) is 0 Å². The summed E-state index contributed by atoms with van der Waals surface area (Å²) in [4.78, 5) is 14.7. The number of hydrogen-bond acceptors (Lipinski definition) is 3. The van der Waals surface area contributed by atoms with Crippen LogP contribution in [0, 0.1) is 0 Å². The predicted octanol–water partition coefficient (Wildman–Crippen LogP) is 3.51. The van der Waals surface area contributed by atoms with E-state index in [0.717, 1.165) is 20.8 Å². The number of rotatable bonds is 6. The van der Waals surface area contributed by atoms with Gasteiger partial charge in [0.15, 0.2) is 0 Å². The molecule has 0 aliphatic rings. The predicted molar refractivity (Wildman–Crippen MR) is 108 cm³/mol. The third kappa shape index (κ3) is 3.86. The zero-order valence-corrected chi connectivity index (χ0v) is 16.2. The number of likely N-dealkylation sites (N-methyl/N-ethyl adjacent to an activating group) is 2. The monoisotopic (exact) mass is 382 g/mol. The van der Waals surface area contributed by atoms with Gasteiger partial charge >= 0.3 is 0 Å². The maximum Gasteiger partial charge on any atom is 0.243 e. The molecule has 0 saturated heterocycles. The largest absolute Gasteiger partial charge is 0.311 e. The van der Waals surface area contributed by atoms with Crippen molar-refractivity contribution in [1.29, 1.82) is 0 Å². The number of carbonyl (C=O) groups is 1. The van der Waals surface area contributed by atoms with Crippen molar-refractivity contribution in [3.8, 4) is 0 Å². The van der Waals surface area contributed by atoms with E-state index in [2.05, 4.69) is 0 Å². The van der Waals surface area contributed by atoms with Crippen molar-refractivity contribution in [2.24, 2.45) is 0 Å². The molecule has 0 aromatic heterocycles. The van der Waals surface area contributed by atoms with E-state index in [1.807, 2.05) is 49.4 Å². The van der Waals surface area contributed by atoms with Gasteiger partial charge in [0.2, 0.25) is 15.9 Å². The number of sulfonamides is 1. The normalized spacial score (nSPS) is 11.7. The Bertz CT molecular complexity index is 1040. The van der Waals surface area contributed by atoms with Crippen LogP contribution in [0.5, 0.6) is 0 Å². The number of amides is 1. The second-order valence-electron chi connectivity index (χ2n) is 6.21. The molecule has 0 bridgehead atoms. The van der Waals surface area contributed by atoms with Gasteiger partial charge in [0.1, 0.15) is 0 Å². The molecule has 0 N–H and O–H groups in total. The van der Waals surface area contributed by atoms with Crippen molar-refractivity contribution in [1.82, 2.24) is 4.31 Å². The van der Waals surface area contributed by atoms with Crippen LogP contribution in [0.25, 0.3) is 10.8 Å². The fourth-order valence-electron chi connectivity index (χ4n) is 3.06.